The predicted octanol–water partition coefficient (Wildman–Crippen LogP) is 2.67. The van der Waals surface area contributed by atoms with E-state index in [1.54, 1.807) is 11.3 Å². The van der Waals surface area contributed by atoms with Crippen molar-refractivity contribution >= 4 is 23.1 Å². The van der Waals surface area contributed by atoms with Crippen LogP contribution in [-0.4, -0.2) is 41.7 Å². The van der Waals surface area contributed by atoms with Gasteiger partial charge in [-0.25, -0.2) is 0 Å². The van der Waals surface area contributed by atoms with Crippen LogP contribution < -0.4 is 0 Å². The fourth-order valence-electron chi connectivity index (χ4n) is 1.51. The Morgan fingerprint density at radius 3 is 2.94 bits per heavy atom. The molecule has 1 rings (SSSR count). The summed E-state index contributed by atoms with van der Waals surface area (Å²) in [4.78, 5) is 4.80. The molecule has 1 atom stereocenters. The Hall–Kier alpha value is -0.470. The topological polar surface area (TPSA) is 23.5 Å². The molecule has 0 bridgehead atoms. The highest BCUT2D eigenvalue weighted by atomic mass is 32.2. The number of hydrogen-bond acceptors (Lipinski definition) is 4. The SMILES string of the molecule is CSCC(C)N(C)Cc1ccc(C#CCCO)s1. The molecule has 18 heavy (non-hydrogen) atoms. The van der Waals surface area contributed by atoms with Crippen LogP contribution in [0.1, 0.15) is 23.1 Å². The molecule has 1 aromatic rings. The van der Waals surface area contributed by atoms with Crippen molar-refractivity contribution in [3.05, 3.63) is 21.9 Å². The van der Waals surface area contributed by atoms with Crippen molar-refractivity contribution in [2.45, 2.75) is 25.9 Å². The first kappa shape index (κ1) is 15.6. The lowest BCUT2D eigenvalue weighted by atomic mass is 10.3. The maximum Gasteiger partial charge on any atom is 0.0771 e. The van der Waals surface area contributed by atoms with Crippen LogP contribution in [0.3, 0.4) is 0 Å². The molecule has 1 aromatic heterocycles. The summed E-state index contributed by atoms with van der Waals surface area (Å²) in [5.74, 6) is 7.19. The van der Waals surface area contributed by atoms with Crippen LogP contribution in [0.4, 0.5) is 0 Å². The van der Waals surface area contributed by atoms with E-state index in [9.17, 15) is 0 Å². The van der Waals surface area contributed by atoms with Gasteiger partial charge in [-0.05, 0) is 32.4 Å². The standard InChI is InChI=1S/C14H21NOS2/c1-12(11-17-3)15(2)10-14-8-7-13(18-14)6-4-5-9-16/h7-8,12,16H,5,9-11H2,1-3H3. The molecule has 100 valence electrons. The second kappa shape index (κ2) is 8.60. The van der Waals surface area contributed by atoms with E-state index in [4.69, 9.17) is 5.11 Å². The third kappa shape index (κ3) is 5.45. The number of aliphatic hydroxyl groups is 1. The molecule has 0 spiro atoms. The first-order valence-electron chi connectivity index (χ1n) is 6.05. The number of thioether (sulfide) groups is 1. The van der Waals surface area contributed by atoms with Gasteiger partial charge in [-0.3, -0.25) is 4.90 Å². The van der Waals surface area contributed by atoms with Crippen molar-refractivity contribution in [1.82, 2.24) is 4.90 Å². The molecule has 0 aliphatic carbocycles. The Balaban J connectivity index is 2.51. The van der Waals surface area contributed by atoms with E-state index in [1.807, 2.05) is 11.8 Å². The maximum atomic E-state index is 8.67. The molecule has 0 fully saturated rings. The molecule has 1 N–H and O–H groups in total. The van der Waals surface area contributed by atoms with Crippen LogP contribution in [0.5, 0.6) is 0 Å². The van der Waals surface area contributed by atoms with E-state index < -0.39 is 0 Å². The molecule has 0 aromatic carbocycles. The van der Waals surface area contributed by atoms with Gasteiger partial charge in [0.2, 0.25) is 0 Å². The van der Waals surface area contributed by atoms with E-state index in [-0.39, 0.29) is 6.61 Å². The molecule has 1 heterocycles. The van der Waals surface area contributed by atoms with Gasteiger partial charge in [0.15, 0.2) is 0 Å². The van der Waals surface area contributed by atoms with Gasteiger partial charge < -0.3 is 5.11 Å². The zero-order valence-corrected chi connectivity index (χ0v) is 12.9. The Morgan fingerprint density at radius 2 is 2.28 bits per heavy atom. The molecule has 0 amide bonds. The van der Waals surface area contributed by atoms with Gasteiger partial charge in [-0.1, -0.05) is 11.8 Å². The average Bonchev–Trinajstić information content (AvgIpc) is 2.77. The van der Waals surface area contributed by atoms with Crippen LogP contribution >= 0.6 is 23.1 Å². The maximum absolute atomic E-state index is 8.67. The van der Waals surface area contributed by atoms with Crippen LogP contribution in [0.2, 0.25) is 0 Å². The summed E-state index contributed by atoms with van der Waals surface area (Å²) in [7, 11) is 2.16. The first-order chi connectivity index (χ1) is 8.67. The summed E-state index contributed by atoms with van der Waals surface area (Å²) in [6.45, 7) is 3.38. The van der Waals surface area contributed by atoms with Gasteiger partial charge in [0, 0.05) is 29.6 Å². The van der Waals surface area contributed by atoms with Gasteiger partial charge in [0.25, 0.3) is 0 Å². The lowest BCUT2D eigenvalue weighted by Crippen LogP contribution is -2.30. The van der Waals surface area contributed by atoms with Crippen molar-refractivity contribution in [1.29, 1.82) is 0 Å². The van der Waals surface area contributed by atoms with Gasteiger partial charge in [0.1, 0.15) is 0 Å². The minimum atomic E-state index is 0.139. The Kier molecular flexibility index (Phi) is 7.45. The molecular weight excluding hydrogens is 262 g/mol. The fraction of sp³-hybridized carbons (Fsp3) is 0.571. The summed E-state index contributed by atoms with van der Waals surface area (Å²) in [5.41, 5.74) is 0. The highest BCUT2D eigenvalue weighted by Gasteiger charge is 2.09. The largest absolute Gasteiger partial charge is 0.395 e. The number of thiophene rings is 1. The van der Waals surface area contributed by atoms with Crippen LogP contribution in [0.25, 0.3) is 0 Å². The van der Waals surface area contributed by atoms with Crippen molar-refractivity contribution in [3.63, 3.8) is 0 Å². The minimum Gasteiger partial charge on any atom is -0.395 e. The van der Waals surface area contributed by atoms with Gasteiger partial charge in [-0.2, -0.15) is 11.8 Å². The first-order valence-corrected chi connectivity index (χ1v) is 8.26. The average molecular weight is 283 g/mol. The van der Waals surface area contributed by atoms with Gasteiger partial charge >= 0.3 is 0 Å². The molecule has 1 unspecified atom stereocenters. The Morgan fingerprint density at radius 1 is 1.50 bits per heavy atom. The molecule has 2 nitrogen and oxygen atoms in total. The highest BCUT2D eigenvalue weighted by molar-refractivity contribution is 7.98. The molecule has 0 saturated heterocycles. The second-order valence-electron chi connectivity index (χ2n) is 4.26. The number of rotatable bonds is 6. The zero-order valence-electron chi connectivity index (χ0n) is 11.3. The van der Waals surface area contributed by atoms with Crippen molar-refractivity contribution in [2.24, 2.45) is 0 Å². The summed E-state index contributed by atoms with van der Waals surface area (Å²) in [6.07, 6.45) is 2.70. The smallest absolute Gasteiger partial charge is 0.0771 e. The Labute approximate surface area is 118 Å². The summed E-state index contributed by atoms with van der Waals surface area (Å²) < 4.78 is 0. The predicted molar refractivity (Wildman–Crippen MR) is 82.2 cm³/mol. The van der Waals surface area contributed by atoms with Gasteiger partial charge in [0.05, 0.1) is 11.5 Å². The van der Waals surface area contributed by atoms with Crippen molar-refractivity contribution in [3.8, 4) is 11.8 Å². The third-order valence-electron chi connectivity index (χ3n) is 2.68. The van der Waals surface area contributed by atoms with Crippen molar-refractivity contribution < 1.29 is 5.11 Å². The van der Waals surface area contributed by atoms with E-state index in [2.05, 4.69) is 49.1 Å². The minimum absolute atomic E-state index is 0.139. The normalized spacial score (nSPS) is 12.3. The second-order valence-corrected chi connectivity index (χ2v) is 6.34. The van der Waals surface area contributed by atoms with E-state index in [0.717, 1.165) is 17.2 Å². The lowest BCUT2D eigenvalue weighted by Gasteiger charge is -2.23. The van der Waals surface area contributed by atoms with Crippen LogP contribution in [0.15, 0.2) is 12.1 Å². The lowest BCUT2D eigenvalue weighted by molar-refractivity contribution is 0.272. The molecule has 0 saturated carbocycles. The fourth-order valence-corrected chi connectivity index (χ4v) is 3.19. The number of hydrogen-bond donors (Lipinski definition) is 1. The zero-order chi connectivity index (χ0) is 13.4. The molecule has 0 aliphatic rings. The summed E-state index contributed by atoms with van der Waals surface area (Å²) in [5, 5.41) is 8.67. The summed E-state index contributed by atoms with van der Waals surface area (Å²) in [6, 6.07) is 4.80. The molecule has 0 aliphatic heterocycles. The quantitative estimate of drug-likeness (QED) is 0.812. The molecule has 4 heteroatoms. The van der Waals surface area contributed by atoms with Crippen molar-refractivity contribution in [2.75, 3.05) is 25.7 Å². The molecule has 0 radical (unpaired) electrons. The molecular formula is C14H21NOS2. The van der Waals surface area contributed by atoms with Crippen LogP contribution in [-0.2, 0) is 6.54 Å². The Bertz CT molecular complexity index is 405. The highest BCUT2D eigenvalue weighted by Crippen LogP contribution is 2.18. The number of aliphatic hydroxyl groups excluding tert-OH is 1. The monoisotopic (exact) mass is 283 g/mol. The summed E-state index contributed by atoms with van der Waals surface area (Å²) >= 11 is 3.63. The van der Waals surface area contributed by atoms with Crippen LogP contribution in [0, 0.1) is 11.8 Å². The van der Waals surface area contributed by atoms with E-state index in [1.165, 1.54) is 4.88 Å². The number of nitrogens with zero attached hydrogens (tertiary/aromatic N) is 1. The van der Waals surface area contributed by atoms with Gasteiger partial charge in [-0.15, -0.1) is 11.3 Å². The third-order valence-corrected chi connectivity index (χ3v) is 4.48. The van der Waals surface area contributed by atoms with E-state index in [0.29, 0.717) is 12.5 Å². The van der Waals surface area contributed by atoms with E-state index >= 15 is 0 Å².